The molecule has 0 aromatic carbocycles. The highest BCUT2D eigenvalue weighted by molar-refractivity contribution is 8.13. The Balaban J connectivity index is 2.60. The van der Waals surface area contributed by atoms with Gasteiger partial charge in [-0.2, -0.15) is 0 Å². The van der Waals surface area contributed by atoms with Crippen LogP contribution >= 0.6 is 11.8 Å². The topological polar surface area (TPSA) is 92.5 Å². The van der Waals surface area contributed by atoms with Gasteiger partial charge in [0.05, 0.1) is 18.9 Å². The number of carbonyl (C=O) groups is 1. The highest BCUT2D eigenvalue weighted by atomic mass is 32.2. The lowest BCUT2D eigenvalue weighted by Gasteiger charge is -2.15. The second-order valence-corrected chi connectivity index (χ2v) is 4.51. The normalized spacial score (nSPS) is 14.1. The molecule has 0 aliphatic rings. The predicted octanol–water partition coefficient (Wildman–Crippen LogP) is 0.159. The Labute approximate surface area is 103 Å². The molecule has 0 aliphatic carbocycles. The van der Waals surface area contributed by atoms with E-state index in [0.717, 1.165) is 11.8 Å². The minimum Gasteiger partial charge on any atom is -0.480 e. The lowest BCUT2D eigenvalue weighted by molar-refractivity contribution is -0.109. The molecule has 2 unspecified atom stereocenters. The van der Waals surface area contributed by atoms with E-state index in [4.69, 9.17) is 4.74 Å². The van der Waals surface area contributed by atoms with Crippen LogP contribution in [0.1, 0.15) is 18.7 Å². The maximum atomic E-state index is 10.7. The van der Waals surface area contributed by atoms with Crippen molar-refractivity contribution < 1.29 is 19.7 Å². The number of methoxy groups -OCH3 is 1. The highest BCUT2D eigenvalue weighted by Gasteiger charge is 2.20. The molecule has 0 radical (unpaired) electrons. The number of aromatic nitrogens is 2. The molecule has 6 nitrogen and oxygen atoms in total. The number of hydrogen-bond donors (Lipinski definition) is 2. The standard InChI is InChI=1S/C10H14N2O4S/c1-6(13)17-5-8(14)10(15)7-3-4-9(16-2)12-11-7/h3-4,8,10,14-15H,5H2,1-2H3. The summed E-state index contributed by atoms with van der Waals surface area (Å²) in [6.07, 6.45) is -2.23. The zero-order chi connectivity index (χ0) is 12.8. The van der Waals surface area contributed by atoms with E-state index in [1.54, 1.807) is 0 Å². The summed E-state index contributed by atoms with van der Waals surface area (Å²) in [7, 11) is 1.46. The monoisotopic (exact) mass is 258 g/mol. The number of rotatable bonds is 5. The van der Waals surface area contributed by atoms with Crippen LogP contribution in [-0.2, 0) is 4.79 Å². The zero-order valence-electron chi connectivity index (χ0n) is 9.53. The van der Waals surface area contributed by atoms with Crippen LogP contribution in [0.25, 0.3) is 0 Å². The van der Waals surface area contributed by atoms with Crippen LogP contribution in [0.3, 0.4) is 0 Å². The van der Waals surface area contributed by atoms with Crippen molar-refractivity contribution in [2.24, 2.45) is 0 Å². The van der Waals surface area contributed by atoms with Gasteiger partial charge in [-0.25, -0.2) is 0 Å². The molecule has 7 heteroatoms. The van der Waals surface area contributed by atoms with E-state index in [1.807, 2.05) is 0 Å². The molecule has 2 N–H and O–H groups in total. The van der Waals surface area contributed by atoms with Gasteiger partial charge in [-0.1, -0.05) is 11.8 Å². The Morgan fingerprint density at radius 2 is 2.18 bits per heavy atom. The molecule has 2 atom stereocenters. The van der Waals surface area contributed by atoms with E-state index in [9.17, 15) is 15.0 Å². The van der Waals surface area contributed by atoms with Crippen LogP contribution in [0.2, 0.25) is 0 Å². The van der Waals surface area contributed by atoms with Gasteiger partial charge in [0.25, 0.3) is 0 Å². The number of ether oxygens (including phenoxy) is 1. The lowest BCUT2D eigenvalue weighted by Crippen LogP contribution is -2.22. The van der Waals surface area contributed by atoms with Gasteiger partial charge in [-0.3, -0.25) is 4.79 Å². The van der Waals surface area contributed by atoms with Crippen molar-refractivity contribution >= 4 is 16.9 Å². The van der Waals surface area contributed by atoms with Crippen molar-refractivity contribution in [3.63, 3.8) is 0 Å². The molecule has 1 aromatic rings. The average molecular weight is 258 g/mol. The third kappa shape index (κ3) is 4.29. The van der Waals surface area contributed by atoms with Gasteiger partial charge >= 0.3 is 0 Å². The highest BCUT2D eigenvalue weighted by Crippen LogP contribution is 2.18. The predicted molar refractivity (Wildman–Crippen MR) is 62.7 cm³/mol. The number of nitrogens with zero attached hydrogens (tertiary/aromatic N) is 2. The Morgan fingerprint density at radius 1 is 1.47 bits per heavy atom. The molecule has 94 valence electrons. The van der Waals surface area contributed by atoms with Crippen LogP contribution in [-0.4, -0.2) is 44.5 Å². The van der Waals surface area contributed by atoms with E-state index in [2.05, 4.69) is 10.2 Å². The van der Waals surface area contributed by atoms with Crippen LogP contribution in [0.15, 0.2) is 12.1 Å². The third-order valence-electron chi connectivity index (χ3n) is 1.99. The Hall–Kier alpha value is -1.18. The van der Waals surface area contributed by atoms with Crippen molar-refractivity contribution in [1.82, 2.24) is 10.2 Å². The fourth-order valence-electron chi connectivity index (χ4n) is 1.09. The Bertz CT molecular complexity index is 371. The summed E-state index contributed by atoms with van der Waals surface area (Å²) in [6.45, 7) is 1.40. The zero-order valence-corrected chi connectivity index (χ0v) is 10.3. The first-order valence-corrected chi connectivity index (χ1v) is 5.90. The van der Waals surface area contributed by atoms with E-state index in [0.29, 0.717) is 5.88 Å². The maximum absolute atomic E-state index is 10.7. The molecule has 0 saturated heterocycles. The average Bonchev–Trinajstić information content (AvgIpc) is 2.35. The molecular formula is C10H14N2O4S. The second kappa shape index (κ2) is 6.53. The summed E-state index contributed by atoms with van der Waals surface area (Å²) in [5.74, 6) is 0.443. The van der Waals surface area contributed by atoms with Gasteiger partial charge in [-0.15, -0.1) is 10.2 Å². The molecule has 0 spiro atoms. The first kappa shape index (κ1) is 13.9. The van der Waals surface area contributed by atoms with Crippen molar-refractivity contribution in [2.45, 2.75) is 19.1 Å². The summed E-state index contributed by atoms with van der Waals surface area (Å²) < 4.78 is 4.82. The molecule has 17 heavy (non-hydrogen) atoms. The smallest absolute Gasteiger partial charge is 0.233 e. The first-order chi connectivity index (χ1) is 8.04. The maximum Gasteiger partial charge on any atom is 0.233 e. The summed E-state index contributed by atoms with van der Waals surface area (Å²) >= 11 is 0.948. The third-order valence-corrected chi connectivity index (χ3v) is 2.91. The largest absolute Gasteiger partial charge is 0.480 e. The number of carbonyl (C=O) groups excluding carboxylic acids is 1. The van der Waals surface area contributed by atoms with Crippen LogP contribution in [0, 0.1) is 0 Å². The molecule has 0 aliphatic heterocycles. The SMILES string of the molecule is COc1ccc(C(O)C(O)CSC(C)=O)nn1. The summed E-state index contributed by atoms with van der Waals surface area (Å²) in [6, 6.07) is 3.05. The first-order valence-electron chi connectivity index (χ1n) is 4.91. The summed E-state index contributed by atoms with van der Waals surface area (Å²) in [5, 5.41) is 26.7. The van der Waals surface area contributed by atoms with Crippen LogP contribution in [0.4, 0.5) is 0 Å². The lowest BCUT2D eigenvalue weighted by atomic mass is 10.1. The second-order valence-electron chi connectivity index (χ2n) is 3.32. The molecule has 0 bridgehead atoms. The van der Waals surface area contributed by atoms with Crippen molar-refractivity contribution in [2.75, 3.05) is 12.9 Å². The molecule has 0 amide bonds. The minimum absolute atomic E-state index is 0.114. The number of aliphatic hydroxyl groups excluding tert-OH is 2. The van der Waals surface area contributed by atoms with Gasteiger partial charge in [-0.05, 0) is 6.07 Å². The molecular weight excluding hydrogens is 244 g/mol. The van der Waals surface area contributed by atoms with Crippen LogP contribution in [0.5, 0.6) is 5.88 Å². The molecule has 0 fully saturated rings. The van der Waals surface area contributed by atoms with Crippen LogP contribution < -0.4 is 4.74 Å². The van der Waals surface area contributed by atoms with Crippen molar-refractivity contribution in [3.05, 3.63) is 17.8 Å². The fraction of sp³-hybridized carbons (Fsp3) is 0.500. The van der Waals surface area contributed by atoms with E-state index in [1.165, 1.54) is 26.2 Å². The van der Waals surface area contributed by atoms with Gasteiger partial charge in [0.2, 0.25) is 5.88 Å². The van der Waals surface area contributed by atoms with Gasteiger partial charge in [0, 0.05) is 18.7 Å². The molecule has 0 saturated carbocycles. The quantitative estimate of drug-likeness (QED) is 0.777. The van der Waals surface area contributed by atoms with Gasteiger partial charge in [0.1, 0.15) is 6.10 Å². The number of thioether (sulfide) groups is 1. The van der Waals surface area contributed by atoms with Crippen molar-refractivity contribution in [3.8, 4) is 5.88 Å². The number of aliphatic hydroxyl groups is 2. The Kier molecular flexibility index (Phi) is 5.33. The number of hydrogen-bond acceptors (Lipinski definition) is 7. The molecule has 1 aromatic heterocycles. The summed E-state index contributed by atoms with van der Waals surface area (Å²) in [4.78, 5) is 10.7. The Morgan fingerprint density at radius 3 is 2.65 bits per heavy atom. The summed E-state index contributed by atoms with van der Waals surface area (Å²) in [5.41, 5.74) is 0.238. The van der Waals surface area contributed by atoms with Gasteiger partial charge < -0.3 is 14.9 Å². The minimum atomic E-state index is -1.17. The fourth-order valence-corrected chi connectivity index (χ4v) is 1.68. The van der Waals surface area contributed by atoms with Crippen molar-refractivity contribution in [1.29, 1.82) is 0 Å². The van der Waals surface area contributed by atoms with E-state index < -0.39 is 12.2 Å². The van der Waals surface area contributed by atoms with Gasteiger partial charge in [0.15, 0.2) is 5.12 Å². The van der Waals surface area contributed by atoms with E-state index in [-0.39, 0.29) is 16.6 Å². The molecule has 1 rings (SSSR count). The molecule has 1 heterocycles. The van der Waals surface area contributed by atoms with E-state index >= 15 is 0 Å².